The number of nitrogens with zero attached hydrogens (tertiary/aromatic N) is 1. The van der Waals surface area contributed by atoms with Gasteiger partial charge in [-0.25, -0.2) is 4.39 Å². The summed E-state index contributed by atoms with van der Waals surface area (Å²) in [5, 5.41) is 5.04. The van der Waals surface area contributed by atoms with Gasteiger partial charge in [0.05, 0.1) is 0 Å². The van der Waals surface area contributed by atoms with Crippen molar-refractivity contribution < 1.29 is 14.0 Å². The molecule has 148 valence electrons. The minimum atomic E-state index is -0.799. The lowest BCUT2D eigenvalue weighted by molar-refractivity contribution is -0.136. The predicted octanol–water partition coefficient (Wildman–Crippen LogP) is 3.20. The van der Waals surface area contributed by atoms with E-state index in [1.165, 1.54) is 17.3 Å². The lowest BCUT2D eigenvalue weighted by Gasteiger charge is -2.30. The van der Waals surface area contributed by atoms with Crippen LogP contribution in [0.3, 0.4) is 0 Å². The van der Waals surface area contributed by atoms with Crippen LogP contribution in [0.15, 0.2) is 36.4 Å². The molecule has 2 aromatic carbocycles. The molecule has 0 bridgehead atoms. The molecule has 0 aliphatic carbocycles. The number of nitrogens with one attached hydrogen (secondary N) is 2. The first-order valence-corrected chi connectivity index (χ1v) is 9.70. The molecule has 3 rings (SSSR count). The van der Waals surface area contributed by atoms with Crippen molar-refractivity contribution in [2.75, 3.05) is 29.9 Å². The number of aryl methyl sites for hydroxylation is 2. The van der Waals surface area contributed by atoms with Crippen LogP contribution in [0.1, 0.15) is 30.0 Å². The lowest BCUT2D eigenvalue weighted by Crippen LogP contribution is -2.36. The minimum absolute atomic E-state index is 0.262. The molecule has 0 spiro atoms. The molecular weight excluding hydrogens is 357 g/mol. The number of halogens is 1. The zero-order valence-electron chi connectivity index (χ0n) is 16.3. The third-order valence-corrected chi connectivity index (χ3v) is 5.08. The molecule has 0 radical (unpaired) electrons. The normalized spacial score (nSPS) is 13.0. The molecular formula is C22H26FN3O2. The maximum Gasteiger partial charge on any atom is 0.313 e. The van der Waals surface area contributed by atoms with E-state index in [1.807, 2.05) is 0 Å². The number of amides is 2. The highest BCUT2D eigenvalue weighted by Gasteiger charge is 2.16. The second-order valence-corrected chi connectivity index (χ2v) is 7.07. The second-order valence-electron chi connectivity index (χ2n) is 7.07. The summed E-state index contributed by atoms with van der Waals surface area (Å²) >= 11 is 0. The van der Waals surface area contributed by atoms with E-state index in [4.69, 9.17) is 0 Å². The summed E-state index contributed by atoms with van der Waals surface area (Å²) in [6.45, 7) is 6.26. The molecule has 1 aliphatic rings. The molecule has 28 heavy (non-hydrogen) atoms. The number of hydrogen-bond acceptors (Lipinski definition) is 3. The molecule has 0 atom stereocenters. The van der Waals surface area contributed by atoms with Crippen LogP contribution in [0.2, 0.25) is 0 Å². The Balaban J connectivity index is 1.51. The molecule has 6 heteroatoms. The van der Waals surface area contributed by atoms with Gasteiger partial charge in [-0.3, -0.25) is 9.59 Å². The third-order valence-electron chi connectivity index (χ3n) is 5.08. The Hall–Kier alpha value is -2.89. The molecule has 0 saturated heterocycles. The van der Waals surface area contributed by atoms with Gasteiger partial charge in [0.2, 0.25) is 0 Å². The van der Waals surface area contributed by atoms with Gasteiger partial charge in [-0.15, -0.1) is 0 Å². The van der Waals surface area contributed by atoms with E-state index in [-0.39, 0.29) is 5.69 Å². The Morgan fingerprint density at radius 2 is 1.96 bits per heavy atom. The fourth-order valence-electron chi connectivity index (χ4n) is 3.47. The molecule has 0 aromatic heterocycles. The summed E-state index contributed by atoms with van der Waals surface area (Å²) in [7, 11) is 0. The van der Waals surface area contributed by atoms with E-state index in [1.54, 1.807) is 19.1 Å². The van der Waals surface area contributed by atoms with Crippen molar-refractivity contribution in [1.29, 1.82) is 0 Å². The maximum absolute atomic E-state index is 13.5. The quantitative estimate of drug-likeness (QED) is 0.780. The SMILES string of the molecule is CCN1CCCc2cc(CCNC(=O)C(=O)Nc3ccc(C)c(F)c3)ccc21. The van der Waals surface area contributed by atoms with E-state index in [0.717, 1.165) is 31.5 Å². The van der Waals surface area contributed by atoms with Gasteiger partial charge in [-0.05, 0) is 68.0 Å². The zero-order valence-corrected chi connectivity index (χ0v) is 16.3. The zero-order chi connectivity index (χ0) is 20.1. The molecule has 1 heterocycles. The first-order valence-electron chi connectivity index (χ1n) is 9.70. The smallest absolute Gasteiger partial charge is 0.313 e. The van der Waals surface area contributed by atoms with Crippen LogP contribution >= 0.6 is 0 Å². The largest absolute Gasteiger partial charge is 0.372 e. The first-order chi connectivity index (χ1) is 13.5. The first kappa shape index (κ1) is 19.9. The molecule has 0 fully saturated rings. The van der Waals surface area contributed by atoms with E-state index < -0.39 is 17.6 Å². The molecule has 1 aliphatic heterocycles. The van der Waals surface area contributed by atoms with Crippen molar-refractivity contribution in [2.24, 2.45) is 0 Å². The summed E-state index contributed by atoms with van der Waals surface area (Å²) < 4.78 is 13.5. The minimum Gasteiger partial charge on any atom is -0.372 e. The van der Waals surface area contributed by atoms with Crippen LogP contribution in [-0.2, 0) is 22.4 Å². The highest BCUT2D eigenvalue weighted by Crippen LogP contribution is 2.27. The van der Waals surface area contributed by atoms with Gasteiger partial charge in [0, 0.05) is 31.0 Å². The van der Waals surface area contributed by atoms with Gasteiger partial charge < -0.3 is 15.5 Å². The average Bonchev–Trinajstić information content (AvgIpc) is 2.70. The van der Waals surface area contributed by atoms with Crippen molar-refractivity contribution >= 4 is 23.2 Å². The van der Waals surface area contributed by atoms with Gasteiger partial charge >= 0.3 is 11.8 Å². The number of carbonyl (C=O) groups is 2. The Bertz CT molecular complexity index is 882. The average molecular weight is 383 g/mol. The Morgan fingerprint density at radius 1 is 1.14 bits per heavy atom. The van der Waals surface area contributed by atoms with Crippen LogP contribution < -0.4 is 15.5 Å². The summed E-state index contributed by atoms with van der Waals surface area (Å²) in [5.74, 6) is -1.95. The fraction of sp³-hybridized carbons (Fsp3) is 0.364. The lowest BCUT2D eigenvalue weighted by atomic mass is 9.98. The van der Waals surface area contributed by atoms with E-state index in [2.05, 4.69) is 40.7 Å². The number of anilines is 2. The van der Waals surface area contributed by atoms with Crippen LogP contribution in [0.5, 0.6) is 0 Å². The van der Waals surface area contributed by atoms with Gasteiger partial charge in [-0.1, -0.05) is 18.2 Å². The Morgan fingerprint density at radius 3 is 2.71 bits per heavy atom. The Kier molecular flexibility index (Phi) is 6.29. The van der Waals surface area contributed by atoms with Crippen molar-refractivity contribution in [3.8, 4) is 0 Å². The number of hydrogen-bond donors (Lipinski definition) is 2. The predicted molar refractivity (Wildman–Crippen MR) is 109 cm³/mol. The van der Waals surface area contributed by atoms with Crippen molar-refractivity contribution in [3.63, 3.8) is 0 Å². The monoisotopic (exact) mass is 383 g/mol. The van der Waals surface area contributed by atoms with E-state index in [9.17, 15) is 14.0 Å². The van der Waals surface area contributed by atoms with Gasteiger partial charge in [0.1, 0.15) is 5.82 Å². The highest BCUT2D eigenvalue weighted by molar-refractivity contribution is 6.39. The van der Waals surface area contributed by atoms with Crippen LogP contribution in [-0.4, -0.2) is 31.4 Å². The summed E-state index contributed by atoms with van der Waals surface area (Å²) in [6.07, 6.45) is 2.87. The van der Waals surface area contributed by atoms with Crippen LogP contribution in [0.4, 0.5) is 15.8 Å². The fourth-order valence-corrected chi connectivity index (χ4v) is 3.47. The van der Waals surface area contributed by atoms with Crippen LogP contribution in [0, 0.1) is 12.7 Å². The van der Waals surface area contributed by atoms with Gasteiger partial charge in [0.25, 0.3) is 0 Å². The molecule has 2 N–H and O–H groups in total. The van der Waals surface area contributed by atoms with Gasteiger partial charge in [-0.2, -0.15) is 0 Å². The summed E-state index contributed by atoms with van der Waals surface area (Å²) in [5.41, 5.74) is 4.52. The van der Waals surface area contributed by atoms with E-state index >= 15 is 0 Å². The number of benzene rings is 2. The van der Waals surface area contributed by atoms with Crippen LogP contribution in [0.25, 0.3) is 0 Å². The van der Waals surface area contributed by atoms with Crippen molar-refractivity contribution in [3.05, 3.63) is 58.9 Å². The van der Waals surface area contributed by atoms with Crippen molar-refractivity contribution in [1.82, 2.24) is 5.32 Å². The summed E-state index contributed by atoms with van der Waals surface area (Å²) in [4.78, 5) is 26.3. The number of carbonyl (C=O) groups excluding carboxylic acids is 2. The molecule has 0 saturated carbocycles. The number of rotatable bonds is 5. The topological polar surface area (TPSA) is 61.4 Å². The number of fused-ring (bicyclic) bond motifs is 1. The maximum atomic E-state index is 13.5. The molecule has 5 nitrogen and oxygen atoms in total. The molecule has 2 amide bonds. The van der Waals surface area contributed by atoms with Gasteiger partial charge in [0.15, 0.2) is 0 Å². The van der Waals surface area contributed by atoms with E-state index in [0.29, 0.717) is 18.5 Å². The van der Waals surface area contributed by atoms with Crippen molar-refractivity contribution in [2.45, 2.75) is 33.1 Å². The standard InChI is InChI=1S/C22H26FN3O2/c1-3-26-12-4-5-17-13-16(7-9-20(17)26)10-11-24-21(27)22(28)25-18-8-6-15(2)19(23)14-18/h6-9,13-14H,3-5,10-12H2,1-2H3,(H,24,27)(H,25,28). The second kappa shape index (κ2) is 8.87. The Labute approximate surface area is 164 Å². The highest BCUT2D eigenvalue weighted by atomic mass is 19.1. The summed E-state index contributed by atoms with van der Waals surface area (Å²) in [6, 6.07) is 10.7. The molecule has 0 unspecified atom stereocenters. The third kappa shape index (κ3) is 4.68. The molecule has 2 aromatic rings.